The average Bonchev–Trinajstić information content (AvgIpc) is 3.00. The SMILES string of the molecule is CCCC1CN(Cc2nc3ccc(OC)cc3c(=O)[nH]2)c2ccccc21. The van der Waals surface area contributed by atoms with E-state index in [9.17, 15) is 4.79 Å². The summed E-state index contributed by atoms with van der Waals surface area (Å²) in [4.78, 5) is 22.4. The van der Waals surface area contributed by atoms with Crippen LogP contribution in [-0.4, -0.2) is 23.6 Å². The first-order valence-electron chi connectivity index (χ1n) is 9.10. The van der Waals surface area contributed by atoms with Gasteiger partial charge in [0.2, 0.25) is 0 Å². The number of aromatic nitrogens is 2. The number of fused-ring (bicyclic) bond motifs is 2. The standard InChI is InChI=1S/C21H23N3O2/c1-3-6-14-12-24(19-8-5-4-7-16(14)19)13-20-22-18-10-9-15(26-2)11-17(18)21(25)23-20/h4-5,7-11,14H,3,6,12-13H2,1-2H3,(H,22,23,25). The Balaban J connectivity index is 1.66. The molecule has 0 radical (unpaired) electrons. The number of H-pyrrole nitrogens is 1. The molecule has 5 heteroatoms. The van der Waals surface area contributed by atoms with Crippen molar-refractivity contribution in [3.8, 4) is 5.75 Å². The quantitative estimate of drug-likeness (QED) is 0.760. The van der Waals surface area contributed by atoms with Crippen molar-refractivity contribution in [3.63, 3.8) is 0 Å². The molecule has 0 spiro atoms. The molecule has 134 valence electrons. The smallest absolute Gasteiger partial charge is 0.258 e. The van der Waals surface area contributed by atoms with E-state index in [0.717, 1.165) is 6.54 Å². The Kier molecular flexibility index (Phi) is 4.37. The summed E-state index contributed by atoms with van der Waals surface area (Å²) in [6.45, 7) is 3.80. The summed E-state index contributed by atoms with van der Waals surface area (Å²) in [7, 11) is 1.59. The molecule has 26 heavy (non-hydrogen) atoms. The highest BCUT2D eigenvalue weighted by atomic mass is 16.5. The molecule has 4 rings (SSSR count). The Bertz CT molecular complexity index is 996. The van der Waals surface area contributed by atoms with E-state index in [2.05, 4.69) is 46.1 Å². The summed E-state index contributed by atoms with van der Waals surface area (Å²) in [6.07, 6.45) is 2.34. The van der Waals surface area contributed by atoms with Gasteiger partial charge in [-0.3, -0.25) is 4.79 Å². The van der Waals surface area contributed by atoms with Gasteiger partial charge >= 0.3 is 0 Å². The Morgan fingerprint density at radius 2 is 2.12 bits per heavy atom. The van der Waals surface area contributed by atoms with Crippen molar-refractivity contribution >= 4 is 16.6 Å². The number of nitrogens with one attached hydrogen (secondary N) is 1. The van der Waals surface area contributed by atoms with E-state index >= 15 is 0 Å². The minimum Gasteiger partial charge on any atom is -0.497 e. The molecule has 1 aliphatic heterocycles. The largest absolute Gasteiger partial charge is 0.497 e. The zero-order valence-corrected chi connectivity index (χ0v) is 15.2. The molecule has 0 bridgehead atoms. The zero-order chi connectivity index (χ0) is 18.1. The van der Waals surface area contributed by atoms with Crippen LogP contribution >= 0.6 is 0 Å². The number of hydrogen-bond donors (Lipinski definition) is 1. The number of anilines is 1. The third kappa shape index (κ3) is 2.94. The maximum Gasteiger partial charge on any atom is 0.258 e. The molecule has 0 saturated heterocycles. The van der Waals surface area contributed by atoms with Gasteiger partial charge in [-0.15, -0.1) is 0 Å². The highest BCUT2D eigenvalue weighted by molar-refractivity contribution is 5.79. The first-order chi connectivity index (χ1) is 12.7. The van der Waals surface area contributed by atoms with E-state index < -0.39 is 0 Å². The number of hydrogen-bond acceptors (Lipinski definition) is 4. The molecule has 2 aromatic carbocycles. The third-order valence-corrected chi connectivity index (χ3v) is 5.10. The van der Waals surface area contributed by atoms with Crippen LogP contribution in [0.5, 0.6) is 5.75 Å². The van der Waals surface area contributed by atoms with Crippen LogP contribution in [0.3, 0.4) is 0 Å². The minimum atomic E-state index is -0.124. The van der Waals surface area contributed by atoms with Gasteiger partial charge in [-0.1, -0.05) is 31.5 Å². The fourth-order valence-corrected chi connectivity index (χ4v) is 3.88. The molecular formula is C21H23N3O2. The molecule has 1 unspecified atom stereocenters. The van der Waals surface area contributed by atoms with Crippen molar-refractivity contribution in [2.24, 2.45) is 0 Å². The summed E-state index contributed by atoms with van der Waals surface area (Å²) < 4.78 is 5.20. The molecule has 1 atom stereocenters. The zero-order valence-electron chi connectivity index (χ0n) is 15.2. The third-order valence-electron chi connectivity index (χ3n) is 5.10. The number of para-hydroxylation sites is 1. The predicted molar refractivity (Wildman–Crippen MR) is 104 cm³/mol. The van der Waals surface area contributed by atoms with Gasteiger partial charge in [-0.05, 0) is 36.2 Å². The summed E-state index contributed by atoms with van der Waals surface area (Å²) in [5.74, 6) is 1.90. The molecule has 5 nitrogen and oxygen atoms in total. The molecule has 1 aliphatic rings. The Labute approximate surface area is 152 Å². The van der Waals surface area contributed by atoms with Crippen molar-refractivity contribution in [3.05, 3.63) is 64.2 Å². The van der Waals surface area contributed by atoms with Gasteiger partial charge in [0.05, 0.1) is 24.6 Å². The van der Waals surface area contributed by atoms with Crippen LogP contribution in [0.15, 0.2) is 47.3 Å². The second kappa shape index (κ2) is 6.83. The molecule has 0 amide bonds. The maximum absolute atomic E-state index is 12.5. The number of aromatic amines is 1. The second-order valence-electron chi connectivity index (χ2n) is 6.82. The van der Waals surface area contributed by atoms with Gasteiger partial charge in [-0.2, -0.15) is 0 Å². The molecule has 0 fully saturated rings. The molecule has 0 aliphatic carbocycles. The van der Waals surface area contributed by atoms with Crippen molar-refractivity contribution in [1.29, 1.82) is 0 Å². The summed E-state index contributed by atoms with van der Waals surface area (Å²) in [5.41, 5.74) is 3.23. The lowest BCUT2D eigenvalue weighted by Gasteiger charge is -2.19. The van der Waals surface area contributed by atoms with Gasteiger partial charge in [0.1, 0.15) is 11.6 Å². The van der Waals surface area contributed by atoms with Gasteiger partial charge < -0.3 is 14.6 Å². The lowest BCUT2D eigenvalue weighted by molar-refractivity contribution is 0.415. The predicted octanol–water partition coefficient (Wildman–Crippen LogP) is 3.84. The topological polar surface area (TPSA) is 58.2 Å². The van der Waals surface area contributed by atoms with Gasteiger partial charge in [0.15, 0.2) is 0 Å². The monoisotopic (exact) mass is 349 g/mol. The van der Waals surface area contributed by atoms with E-state index in [1.807, 2.05) is 12.1 Å². The fourth-order valence-electron chi connectivity index (χ4n) is 3.88. The van der Waals surface area contributed by atoms with Crippen LogP contribution in [-0.2, 0) is 6.54 Å². The van der Waals surface area contributed by atoms with Gasteiger partial charge in [0.25, 0.3) is 5.56 Å². The van der Waals surface area contributed by atoms with Crippen LogP contribution in [0.2, 0.25) is 0 Å². The first kappa shape index (κ1) is 16.6. The first-order valence-corrected chi connectivity index (χ1v) is 9.10. The highest BCUT2D eigenvalue weighted by Gasteiger charge is 2.28. The second-order valence-corrected chi connectivity index (χ2v) is 6.82. The fraction of sp³-hybridized carbons (Fsp3) is 0.333. The average molecular weight is 349 g/mol. The van der Waals surface area contributed by atoms with Crippen molar-refractivity contribution < 1.29 is 4.74 Å². The van der Waals surface area contributed by atoms with E-state index in [1.165, 1.54) is 24.1 Å². The molecule has 1 aromatic heterocycles. The lowest BCUT2D eigenvalue weighted by atomic mass is 9.97. The number of rotatable bonds is 5. The van der Waals surface area contributed by atoms with Crippen molar-refractivity contribution in [1.82, 2.24) is 9.97 Å². The van der Waals surface area contributed by atoms with Crippen LogP contribution in [0.4, 0.5) is 5.69 Å². The van der Waals surface area contributed by atoms with E-state index in [0.29, 0.717) is 34.9 Å². The van der Waals surface area contributed by atoms with E-state index in [1.54, 1.807) is 13.2 Å². The highest BCUT2D eigenvalue weighted by Crippen LogP contribution is 2.39. The van der Waals surface area contributed by atoms with Crippen molar-refractivity contribution in [2.45, 2.75) is 32.2 Å². The Hall–Kier alpha value is -2.82. The Morgan fingerprint density at radius 3 is 2.92 bits per heavy atom. The number of methoxy groups -OCH3 is 1. The Morgan fingerprint density at radius 1 is 1.27 bits per heavy atom. The lowest BCUT2D eigenvalue weighted by Crippen LogP contribution is -2.24. The van der Waals surface area contributed by atoms with Gasteiger partial charge in [-0.25, -0.2) is 4.98 Å². The van der Waals surface area contributed by atoms with E-state index in [4.69, 9.17) is 4.74 Å². The summed E-state index contributed by atoms with van der Waals surface area (Å²) in [6, 6.07) is 14.0. The van der Waals surface area contributed by atoms with Crippen LogP contribution in [0.25, 0.3) is 10.9 Å². The maximum atomic E-state index is 12.5. The van der Waals surface area contributed by atoms with Crippen LogP contribution < -0.4 is 15.2 Å². The molecule has 2 heterocycles. The van der Waals surface area contributed by atoms with E-state index in [-0.39, 0.29) is 5.56 Å². The number of benzene rings is 2. The molecular weight excluding hydrogens is 326 g/mol. The molecule has 0 saturated carbocycles. The molecule has 3 aromatic rings. The number of ether oxygens (including phenoxy) is 1. The number of nitrogens with zero attached hydrogens (tertiary/aromatic N) is 2. The van der Waals surface area contributed by atoms with Gasteiger partial charge in [0, 0.05) is 18.2 Å². The van der Waals surface area contributed by atoms with Crippen LogP contribution in [0.1, 0.15) is 37.1 Å². The summed E-state index contributed by atoms with van der Waals surface area (Å²) in [5, 5.41) is 0.554. The normalized spacial score (nSPS) is 16.1. The molecule has 1 N–H and O–H groups in total. The van der Waals surface area contributed by atoms with Crippen LogP contribution in [0, 0.1) is 0 Å². The van der Waals surface area contributed by atoms with Crippen molar-refractivity contribution in [2.75, 3.05) is 18.6 Å². The minimum absolute atomic E-state index is 0.124. The summed E-state index contributed by atoms with van der Waals surface area (Å²) >= 11 is 0.